The lowest BCUT2D eigenvalue weighted by Gasteiger charge is -2.13. The number of methoxy groups -OCH3 is 2. The van der Waals surface area contributed by atoms with Gasteiger partial charge in [0.2, 0.25) is 5.88 Å². The highest BCUT2D eigenvalue weighted by molar-refractivity contribution is 5.60. The van der Waals surface area contributed by atoms with Crippen LogP contribution in [0.25, 0.3) is 0 Å². The fourth-order valence-electron chi connectivity index (χ4n) is 2.49. The van der Waals surface area contributed by atoms with Crippen LogP contribution in [-0.2, 0) is 6.42 Å². The first-order chi connectivity index (χ1) is 14.5. The topological polar surface area (TPSA) is 110 Å². The molecule has 0 spiro atoms. The number of nitrogens with one attached hydrogen (secondary N) is 2. The molecule has 1 heterocycles. The summed E-state index contributed by atoms with van der Waals surface area (Å²) in [6.07, 6.45) is 1.92. The van der Waals surface area contributed by atoms with Gasteiger partial charge in [-0.15, -0.1) is 10.2 Å². The van der Waals surface area contributed by atoms with Crippen molar-refractivity contribution < 1.29 is 19.3 Å². The predicted octanol–water partition coefficient (Wildman–Crippen LogP) is 2.12. The van der Waals surface area contributed by atoms with E-state index in [1.54, 1.807) is 32.6 Å². The van der Waals surface area contributed by atoms with Crippen LogP contribution in [0.5, 0.6) is 17.4 Å². The molecule has 164 valence electrons. The number of aliphatic hydroxyl groups is 1. The average molecular weight is 418 g/mol. The third-order valence-electron chi connectivity index (χ3n) is 4.03. The Hall–Kier alpha value is -2.91. The third kappa shape index (κ3) is 8.22. The highest BCUT2D eigenvalue weighted by Gasteiger charge is 2.07. The van der Waals surface area contributed by atoms with Crippen molar-refractivity contribution in [3.63, 3.8) is 0 Å². The molecule has 0 aliphatic heterocycles. The van der Waals surface area contributed by atoms with Gasteiger partial charge in [-0.25, -0.2) is 0 Å². The smallest absolute Gasteiger partial charge is 0.233 e. The molecule has 30 heavy (non-hydrogen) atoms. The largest absolute Gasteiger partial charge is 0.493 e. The highest BCUT2D eigenvalue weighted by Crippen LogP contribution is 2.27. The minimum atomic E-state index is -0.661. The van der Waals surface area contributed by atoms with Crippen LogP contribution in [0.3, 0.4) is 0 Å². The predicted molar refractivity (Wildman–Crippen MR) is 117 cm³/mol. The molecular formula is C21H31N5O4. The first-order valence-corrected chi connectivity index (χ1v) is 9.87. The Bertz CT molecular complexity index is 783. The first-order valence-electron chi connectivity index (χ1n) is 9.87. The zero-order chi connectivity index (χ0) is 21.8. The maximum absolute atomic E-state index is 10.1. The zero-order valence-corrected chi connectivity index (χ0v) is 18.0. The monoisotopic (exact) mass is 417 g/mol. The maximum atomic E-state index is 10.1. The van der Waals surface area contributed by atoms with Gasteiger partial charge in [0.1, 0.15) is 12.7 Å². The molecule has 1 unspecified atom stereocenters. The van der Waals surface area contributed by atoms with E-state index >= 15 is 0 Å². The number of benzene rings is 1. The van der Waals surface area contributed by atoms with Crippen molar-refractivity contribution in [1.82, 2.24) is 15.5 Å². The van der Waals surface area contributed by atoms with Crippen LogP contribution in [0.15, 0.2) is 35.4 Å². The second-order valence-corrected chi connectivity index (χ2v) is 7.00. The van der Waals surface area contributed by atoms with Crippen molar-refractivity contribution in [3.05, 3.63) is 35.9 Å². The van der Waals surface area contributed by atoms with Crippen molar-refractivity contribution in [1.29, 1.82) is 0 Å². The summed E-state index contributed by atoms with van der Waals surface area (Å²) in [4.78, 5) is 0. The van der Waals surface area contributed by atoms with Crippen LogP contribution in [0.1, 0.15) is 19.4 Å². The molecule has 9 heteroatoms. The van der Waals surface area contributed by atoms with Crippen LogP contribution in [-0.4, -0.2) is 61.5 Å². The molecule has 1 aromatic carbocycles. The third-order valence-corrected chi connectivity index (χ3v) is 4.03. The molecule has 0 aliphatic rings. The summed E-state index contributed by atoms with van der Waals surface area (Å²) in [6, 6.07) is 9.22. The molecule has 2 aromatic rings. The van der Waals surface area contributed by atoms with Crippen LogP contribution < -0.4 is 25.0 Å². The number of ether oxygens (including phenoxy) is 3. The van der Waals surface area contributed by atoms with Crippen LogP contribution in [0.4, 0.5) is 5.82 Å². The number of rotatable bonds is 13. The van der Waals surface area contributed by atoms with Gasteiger partial charge >= 0.3 is 0 Å². The number of aliphatic hydroxyl groups excluding tert-OH is 1. The summed E-state index contributed by atoms with van der Waals surface area (Å²) in [5, 5.41) is 25.3. The van der Waals surface area contributed by atoms with E-state index in [2.05, 4.69) is 26.0 Å². The van der Waals surface area contributed by atoms with Crippen LogP contribution in [0, 0.1) is 5.92 Å². The summed E-state index contributed by atoms with van der Waals surface area (Å²) < 4.78 is 16.0. The van der Waals surface area contributed by atoms with Gasteiger partial charge < -0.3 is 24.6 Å². The lowest BCUT2D eigenvalue weighted by atomic mass is 10.1. The molecule has 0 radical (unpaired) electrons. The van der Waals surface area contributed by atoms with E-state index in [9.17, 15) is 5.11 Å². The average Bonchev–Trinajstić information content (AvgIpc) is 2.75. The number of hydrazone groups is 1. The second kappa shape index (κ2) is 12.6. The number of nitrogens with zero attached hydrogens (tertiary/aromatic N) is 3. The number of anilines is 1. The van der Waals surface area contributed by atoms with Crippen molar-refractivity contribution in [2.24, 2.45) is 11.0 Å². The molecule has 0 saturated heterocycles. The normalized spacial score (nSPS) is 12.2. The van der Waals surface area contributed by atoms with Crippen LogP contribution >= 0.6 is 0 Å². The molecular weight excluding hydrogens is 386 g/mol. The standard InChI is InChI=1S/C21H31N5O4/c1-15(2)12-23-24-20-7-8-21(26-25-20)30-14-17(27)13-22-10-9-16-5-6-18(28-3)19(11-16)29-4/h5-8,11-12,15,17,22,27H,9-10,13-14H2,1-4H3,(H,24,25)/b23-12+. The maximum Gasteiger partial charge on any atom is 0.233 e. The SMILES string of the molecule is COc1ccc(CCNCC(O)COc2ccc(N/N=C/C(C)C)nn2)cc1OC. The Morgan fingerprint density at radius 1 is 1.10 bits per heavy atom. The van der Waals surface area contributed by atoms with Crippen molar-refractivity contribution in [2.75, 3.05) is 39.3 Å². The molecule has 0 fully saturated rings. The van der Waals surface area contributed by atoms with Crippen LogP contribution in [0.2, 0.25) is 0 Å². The van der Waals surface area contributed by atoms with Gasteiger partial charge in [-0.2, -0.15) is 5.10 Å². The lowest BCUT2D eigenvalue weighted by molar-refractivity contribution is 0.103. The van der Waals surface area contributed by atoms with E-state index in [1.165, 1.54) is 0 Å². The van der Waals surface area contributed by atoms with Gasteiger partial charge in [0, 0.05) is 18.8 Å². The van der Waals surface area contributed by atoms with E-state index < -0.39 is 6.10 Å². The Kier molecular flexibility index (Phi) is 9.82. The Morgan fingerprint density at radius 2 is 1.90 bits per heavy atom. The van der Waals surface area contributed by atoms with E-state index in [4.69, 9.17) is 14.2 Å². The van der Waals surface area contributed by atoms with E-state index in [0.29, 0.717) is 42.2 Å². The Morgan fingerprint density at radius 3 is 2.57 bits per heavy atom. The quantitative estimate of drug-likeness (QED) is 0.258. The molecule has 1 atom stereocenters. The van der Waals surface area contributed by atoms with Crippen molar-refractivity contribution in [2.45, 2.75) is 26.4 Å². The summed E-state index contributed by atoms with van der Waals surface area (Å²) in [6.45, 7) is 5.30. The highest BCUT2D eigenvalue weighted by atomic mass is 16.5. The molecule has 3 N–H and O–H groups in total. The van der Waals surface area contributed by atoms with E-state index in [1.807, 2.05) is 32.0 Å². The molecule has 1 aromatic heterocycles. The van der Waals surface area contributed by atoms with Gasteiger partial charge in [0.25, 0.3) is 0 Å². The Balaban J connectivity index is 1.66. The summed E-state index contributed by atoms with van der Waals surface area (Å²) in [5.41, 5.74) is 3.91. The van der Waals surface area contributed by atoms with Gasteiger partial charge in [-0.1, -0.05) is 19.9 Å². The number of hydrogen-bond donors (Lipinski definition) is 3. The van der Waals surface area contributed by atoms with Crippen molar-refractivity contribution in [3.8, 4) is 17.4 Å². The second-order valence-electron chi connectivity index (χ2n) is 7.00. The summed E-state index contributed by atoms with van der Waals surface area (Å²) >= 11 is 0. The fourth-order valence-corrected chi connectivity index (χ4v) is 2.49. The molecule has 2 rings (SSSR count). The van der Waals surface area contributed by atoms with Gasteiger partial charge in [-0.3, -0.25) is 5.43 Å². The van der Waals surface area contributed by atoms with E-state index in [0.717, 1.165) is 12.0 Å². The number of hydrogen-bond acceptors (Lipinski definition) is 9. The van der Waals surface area contributed by atoms with Gasteiger partial charge in [0.15, 0.2) is 17.3 Å². The van der Waals surface area contributed by atoms with Gasteiger partial charge in [0.05, 0.1) is 14.2 Å². The number of aromatic nitrogens is 2. The van der Waals surface area contributed by atoms with E-state index in [-0.39, 0.29) is 6.61 Å². The molecule has 0 bridgehead atoms. The lowest BCUT2D eigenvalue weighted by Crippen LogP contribution is -2.32. The fraction of sp³-hybridized carbons (Fsp3) is 0.476. The van der Waals surface area contributed by atoms with Gasteiger partial charge in [-0.05, 0) is 42.6 Å². The molecule has 0 saturated carbocycles. The molecule has 9 nitrogen and oxygen atoms in total. The summed E-state index contributed by atoms with van der Waals surface area (Å²) in [5.74, 6) is 2.63. The molecule has 0 amide bonds. The minimum Gasteiger partial charge on any atom is -0.493 e. The summed E-state index contributed by atoms with van der Waals surface area (Å²) in [7, 11) is 3.23. The Labute approximate surface area is 177 Å². The minimum absolute atomic E-state index is 0.121. The van der Waals surface area contributed by atoms with Crippen molar-refractivity contribution >= 4 is 12.0 Å². The molecule has 0 aliphatic carbocycles. The first kappa shape index (κ1) is 23.4. The zero-order valence-electron chi connectivity index (χ0n) is 18.0.